The van der Waals surface area contributed by atoms with Crippen molar-refractivity contribution >= 4 is 48.3 Å². The third-order valence-corrected chi connectivity index (χ3v) is 6.18. The molecule has 1 aliphatic rings. The van der Waals surface area contributed by atoms with E-state index in [0.717, 1.165) is 63.6 Å². The molecule has 2 aromatic rings. The Morgan fingerprint density at radius 1 is 1.09 bits per heavy atom. The minimum Gasteiger partial charge on any atom is -0.493 e. The fourth-order valence-corrected chi connectivity index (χ4v) is 4.37. The van der Waals surface area contributed by atoms with Crippen LogP contribution in [0.25, 0.3) is 11.0 Å². The third-order valence-electron chi connectivity index (χ3n) is 6.18. The summed E-state index contributed by atoms with van der Waals surface area (Å²) in [7, 11) is 0. The molecule has 0 aliphatic carbocycles. The average Bonchev–Trinajstić information content (AvgIpc) is 3.12. The van der Waals surface area contributed by atoms with Gasteiger partial charge in [-0.1, -0.05) is 33.6 Å². The molecule has 0 radical (unpaired) electrons. The molecule has 32 heavy (non-hydrogen) atoms. The number of imidazole rings is 1. The predicted molar refractivity (Wildman–Crippen MR) is 144 cm³/mol. The molecule has 1 saturated heterocycles. The van der Waals surface area contributed by atoms with E-state index in [9.17, 15) is 0 Å². The van der Waals surface area contributed by atoms with E-state index in [-0.39, 0.29) is 37.2 Å². The van der Waals surface area contributed by atoms with Crippen molar-refractivity contribution in [3.63, 3.8) is 0 Å². The summed E-state index contributed by atoms with van der Waals surface area (Å²) in [5.74, 6) is 2.76. The first-order valence-electron chi connectivity index (χ1n) is 11.8. The Balaban J connectivity index is 0.00000320. The van der Waals surface area contributed by atoms with Crippen LogP contribution in [0.15, 0.2) is 18.2 Å². The number of nitrogens with zero attached hydrogens (tertiary/aromatic N) is 3. The second-order valence-corrected chi connectivity index (χ2v) is 8.25. The van der Waals surface area contributed by atoms with Crippen LogP contribution < -0.4 is 10.1 Å². The fourth-order valence-electron chi connectivity index (χ4n) is 4.37. The minimum atomic E-state index is 0. The number of piperidine rings is 1. The summed E-state index contributed by atoms with van der Waals surface area (Å²) in [5.41, 5.74) is 2.35. The molecule has 3 rings (SSSR count). The number of unbranched alkanes of at least 4 members (excludes halogenated alkanes) is 2. The number of nitrogens with one attached hydrogen (secondary N) is 1. The van der Waals surface area contributed by atoms with Gasteiger partial charge in [-0.15, -0.1) is 37.2 Å². The largest absolute Gasteiger partial charge is 0.493 e. The molecule has 0 bridgehead atoms. The Labute approximate surface area is 213 Å². The van der Waals surface area contributed by atoms with Gasteiger partial charge in [0.2, 0.25) is 0 Å². The van der Waals surface area contributed by atoms with Crippen LogP contribution in [0, 0.1) is 0 Å². The molecule has 0 spiro atoms. The molecular weight excluding hydrogens is 467 g/mol. The molecule has 5 nitrogen and oxygen atoms in total. The minimum absolute atomic E-state index is 0. The van der Waals surface area contributed by atoms with Gasteiger partial charge in [-0.05, 0) is 57.5 Å². The molecule has 186 valence electrons. The zero-order valence-corrected chi connectivity index (χ0v) is 22.4. The molecule has 0 saturated carbocycles. The summed E-state index contributed by atoms with van der Waals surface area (Å²) in [5, 5.41) is 3.55. The first-order chi connectivity index (χ1) is 14.3. The van der Waals surface area contributed by atoms with Crippen LogP contribution in [-0.4, -0.2) is 53.8 Å². The third kappa shape index (κ3) is 8.57. The Bertz CT molecular complexity index is 746. The van der Waals surface area contributed by atoms with Crippen molar-refractivity contribution in [3.8, 4) is 5.75 Å². The number of hydrogen-bond acceptors (Lipinski definition) is 4. The van der Waals surface area contributed by atoms with Crippen molar-refractivity contribution in [1.29, 1.82) is 0 Å². The van der Waals surface area contributed by atoms with Gasteiger partial charge in [-0.2, -0.15) is 0 Å². The van der Waals surface area contributed by atoms with Crippen molar-refractivity contribution in [2.24, 2.45) is 0 Å². The number of aromatic nitrogens is 2. The number of ether oxygens (including phenoxy) is 1. The van der Waals surface area contributed by atoms with Crippen molar-refractivity contribution in [3.05, 3.63) is 24.0 Å². The second kappa shape index (κ2) is 16.8. The van der Waals surface area contributed by atoms with Gasteiger partial charge in [0.1, 0.15) is 11.6 Å². The quantitative estimate of drug-likeness (QED) is 0.353. The van der Waals surface area contributed by atoms with Gasteiger partial charge in [0.15, 0.2) is 0 Å². The molecule has 1 atom stereocenters. The summed E-state index contributed by atoms with van der Waals surface area (Å²) >= 11 is 0. The van der Waals surface area contributed by atoms with Crippen molar-refractivity contribution in [1.82, 2.24) is 19.8 Å². The maximum absolute atomic E-state index is 6.11. The molecular formula is C24H43Cl3N4O. The molecule has 2 heterocycles. The molecule has 1 aromatic carbocycles. The first-order valence-corrected chi connectivity index (χ1v) is 11.8. The van der Waals surface area contributed by atoms with E-state index < -0.39 is 0 Å². The van der Waals surface area contributed by atoms with Gasteiger partial charge in [0.05, 0.1) is 17.6 Å². The standard InChI is InChI=1S/C24H40N4O.3ClH/c1-4-7-8-16-28-23-18-21(29-17-10-15-27(5-2)6-3)12-13-22(23)26-24(28)20-11-9-14-25-19-20;;;/h12-13,18,20,25H,4-11,14-17,19H2,1-3H3;3*1H. The van der Waals surface area contributed by atoms with E-state index in [4.69, 9.17) is 9.72 Å². The van der Waals surface area contributed by atoms with E-state index >= 15 is 0 Å². The first kappa shape index (κ1) is 31.3. The van der Waals surface area contributed by atoms with Crippen LogP contribution in [0.1, 0.15) is 71.0 Å². The highest BCUT2D eigenvalue weighted by atomic mass is 35.5. The van der Waals surface area contributed by atoms with Crippen molar-refractivity contribution in [2.75, 3.05) is 39.3 Å². The molecule has 1 unspecified atom stereocenters. The summed E-state index contributed by atoms with van der Waals surface area (Å²) in [6.45, 7) is 14.0. The van der Waals surface area contributed by atoms with E-state index in [1.54, 1.807) is 0 Å². The Morgan fingerprint density at radius 3 is 2.53 bits per heavy atom. The predicted octanol–water partition coefficient (Wildman–Crippen LogP) is 6.07. The van der Waals surface area contributed by atoms with Crippen LogP contribution in [-0.2, 0) is 6.54 Å². The van der Waals surface area contributed by atoms with Crippen LogP contribution in [0.2, 0.25) is 0 Å². The SMILES string of the molecule is CCCCCn1c(C2CCCNC2)nc2ccc(OCCCN(CC)CC)cc21.Cl.Cl.Cl. The summed E-state index contributed by atoms with van der Waals surface area (Å²) in [6.07, 6.45) is 7.26. The highest BCUT2D eigenvalue weighted by molar-refractivity contribution is 5.86. The van der Waals surface area contributed by atoms with Crippen LogP contribution in [0.4, 0.5) is 0 Å². The van der Waals surface area contributed by atoms with Gasteiger partial charge in [0, 0.05) is 31.6 Å². The normalized spacial score (nSPS) is 15.7. The van der Waals surface area contributed by atoms with Gasteiger partial charge >= 0.3 is 0 Å². The van der Waals surface area contributed by atoms with Gasteiger partial charge in [-0.25, -0.2) is 4.98 Å². The second-order valence-electron chi connectivity index (χ2n) is 8.25. The zero-order chi connectivity index (χ0) is 20.5. The topological polar surface area (TPSA) is 42.3 Å². The lowest BCUT2D eigenvalue weighted by atomic mass is 9.99. The lowest BCUT2D eigenvalue weighted by molar-refractivity contribution is 0.249. The van der Waals surface area contributed by atoms with Crippen molar-refractivity contribution in [2.45, 2.75) is 71.8 Å². The van der Waals surface area contributed by atoms with Gasteiger partial charge < -0.3 is 19.5 Å². The molecule has 1 aromatic heterocycles. The monoisotopic (exact) mass is 508 g/mol. The number of benzene rings is 1. The van der Waals surface area contributed by atoms with Crippen molar-refractivity contribution < 1.29 is 4.74 Å². The van der Waals surface area contributed by atoms with E-state index in [1.807, 2.05) is 0 Å². The van der Waals surface area contributed by atoms with Gasteiger partial charge in [-0.3, -0.25) is 0 Å². The van der Waals surface area contributed by atoms with Crippen LogP contribution in [0.3, 0.4) is 0 Å². The summed E-state index contributed by atoms with van der Waals surface area (Å²) < 4.78 is 8.59. The van der Waals surface area contributed by atoms with E-state index in [1.165, 1.54) is 43.4 Å². The Kier molecular flexibility index (Phi) is 16.4. The molecule has 8 heteroatoms. The lowest BCUT2D eigenvalue weighted by Gasteiger charge is -2.23. The molecule has 1 N–H and O–H groups in total. The number of hydrogen-bond donors (Lipinski definition) is 1. The van der Waals surface area contributed by atoms with Gasteiger partial charge in [0.25, 0.3) is 0 Å². The van der Waals surface area contributed by atoms with E-state index in [0.29, 0.717) is 5.92 Å². The highest BCUT2D eigenvalue weighted by Gasteiger charge is 2.22. The Morgan fingerprint density at radius 2 is 1.88 bits per heavy atom. The Hall–Kier alpha value is -0.720. The number of halogens is 3. The fraction of sp³-hybridized carbons (Fsp3) is 0.708. The van der Waals surface area contributed by atoms with Crippen LogP contribution in [0.5, 0.6) is 5.75 Å². The number of aryl methyl sites for hydroxylation is 1. The zero-order valence-electron chi connectivity index (χ0n) is 20.0. The molecule has 1 aliphatic heterocycles. The summed E-state index contributed by atoms with van der Waals surface area (Å²) in [6, 6.07) is 6.45. The maximum atomic E-state index is 6.11. The van der Waals surface area contributed by atoms with E-state index in [2.05, 4.69) is 53.8 Å². The van der Waals surface area contributed by atoms with Crippen LogP contribution >= 0.6 is 37.2 Å². The smallest absolute Gasteiger partial charge is 0.121 e. The highest BCUT2D eigenvalue weighted by Crippen LogP contribution is 2.29. The maximum Gasteiger partial charge on any atom is 0.121 e. The number of fused-ring (bicyclic) bond motifs is 1. The lowest BCUT2D eigenvalue weighted by Crippen LogP contribution is -2.30. The average molecular weight is 510 g/mol. The molecule has 1 fully saturated rings. The summed E-state index contributed by atoms with van der Waals surface area (Å²) in [4.78, 5) is 7.50. The molecule has 0 amide bonds. The number of rotatable bonds is 12.